The van der Waals surface area contributed by atoms with Crippen molar-refractivity contribution in [3.63, 3.8) is 0 Å². The highest BCUT2D eigenvalue weighted by Crippen LogP contribution is 2.04. The Hall–Kier alpha value is -2.11. The maximum atomic E-state index is 5.77. The molecular weight excluding hydrogens is 252 g/mol. The minimum Gasteiger partial charge on any atom is -0.370 e. The van der Waals surface area contributed by atoms with E-state index in [1.54, 1.807) is 0 Å². The molecule has 0 aliphatic carbocycles. The molecule has 0 aliphatic heterocycles. The van der Waals surface area contributed by atoms with Crippen LogP contribution in [0.1, 0.15) is 32.0 Å². The van der Waals surface area contributed by atoms with Crippen LogP contribution in [-0.4, -0.2) is 33.6 Å². The summed E-state index contributed by atoms with van der Waals surface area (Å²) in [6, 6.07) is 5.89. The van der Waals surface area contributed by atoms with E-state index in [1.807, 2.05) is 28.8 Å². The molecule has 0 bridgehead atoms. The molecule has 0 atom stereocenters. The van der Waals surface area contributed by atoms with Gasteiger partial charge in [0.1, 0.15) is 5.82 Å². The van der Waals surface area contributed by atoms with E-state index in [0.717, 1.165) is 43.7 Å². The van der Waals surface area contributed by atoms with E-state index in [4.69, 9.17) is 5.73 Å². The van der Waals surface area contributed by atoms with Crippen LogP contribution in [0.25, 0.3) is 5.65 Å². The summed E-state index contributed by atoms with van der Waals surface area (Å²) >= 11 is 0. The van der Waals surface area contributed by atoms with Crippen LogP contribution in [-0.2, 0) is 6.42 Å². The minimum atomic E-state index is 0.532. The van der Waals surface area contributed by atoms with Crippen molar-refractivity contribution in [2.45, 2.75) is 32.6 Å². The van der Waals surface area contributed by atoms with Gasteiger partial charge in [-0.1, -0.05) is 19.4 Å². The standard InChI is InChI=1S/C14H22N6/c1-2-3-9-16-14(15)17-10-6-8-13-19-18-12-7-4-5-11-20(12)13/h4-5,7,11H,2-3,6,8-10H2,1H3,(H3,15,16,17). The van der Waals surface area contributed by atoms with Gasteiger partial charge < -0.3 is 11.1 Å². The number of fused-ring (bicyclic) bond motifs is 1. The number of guanidine groups is 1. The van der Waals surface area contributed by atoms with Gasteiger partial charge in [-0.15, -0.1) is 10.2 Å². The third-order valence-corrected chi connectivity index (χ3v) is 3.06. The van der Waals surface area contributed by atoms with Crippen molar-refractivity contribution in [1.82, 2.24) is 19.9 Å². The highest BCUT2D eigenvalue weighted by atomic mass is 15.2. The Balaban J connectivity index is 1.77. The summed E-state index contributed by atoms with van der Waals surface area (Å²) < 4.78 is 2.01. The Morgan fingerprint density at radius 3 is 3.10 bits per heavy atom. The number of unbranched alkanes of at least 4 members (excludes halogenated alkanes) is 1. The average Bonchev–Trinajstić information content (AvgIpc) is 2.87. The molecule has 20 heavy (non-hydrogen) atoms. The first kappa shape index (κ1) is 14.3. The lowest BCUT2D eigenvalue weighted by Crippen LogP contribution is -2.32. The SMILES string of the molecule is CCCCNC(N)=NCCCc1nnc2ccccn12. The number of aliphatic imine (C=N–C) groups is 1. The van der Waals surface area contributed by atoms with Crippen molar-refractivity contribution in [3.05, 3.63) is 30.2 Å². The Morgan fingerprint density at radius 1 is 1.35 bits per heavy atom. The van der Waals surface area contributed by atoms with Gasteiger partial charge >= 0.3 is 0 Å². The number of aromatic nitrogens is 3. The van der Waals surface area contributed by atoms with E-state index in [1.165, 1.54) is 0 Å². The van der Waals surface area contributed by atoms with E-state index in [9.17, 15) is 0 Å². The second-order valence-corrected chi connectivity index (χ2v) is 4.70. The Kier molecular flexibility index (Phi) is 5.34. The number of hydrogen-bond acceptors (Lipinski definition) is 3. The van der Waals surface area contributed by atoms with Crippen molar-refractivity contribution >= 4 is 11.6 Å². The summed E-state index contributed by atoms with van der Waals surface area (Å²) in [7, 11) is 0. The molecular formula is C14H22N6. The maximum Gasteiger partial charge on any atom is 0.188 e. The molecule has 6 heteroatoms. The largest absolute Gasteiger partial charge is 0.370 e. The number of nitrogens with zero attached hydrogens (tertiary/aromatic N) is 4. The number of aryl methyl sites for hydroxylation is 1. The summed E-state index contributed by atoms with van der Waals surface area (Å²) in [5, 5.41) is 11.4. The number of nitrogens with one attached hydrogen (secondary N) is 1. The van der Waals surface area contributed by atoms with Crippen LogP contribution in [0, 0.1) is 0 Å². The molecule has 0 aliphatic rings. The van der Waals surface area contributed by atoms with E-state index < -0.39 is 0 Å². The Labute approximate surface area is 119 Å². The van der Waals surface area contributed by atoms with Gasteiger partial charge in [-0.2, -0.15) is 0 Å². The molecule has 0 radical (unpaired) electrons. The summed E-state index contributed by atoms with van der Waals surface area (Å²) in [5.41, 5.74) is 6.65. The quantitative estimate of drug-likeness (QED) is 0.454. The Morgan fingerprint density at radius 2 is 2.25 bits per heavy atom. The molecule has 0 aromatic carbocycles. The van der Waals surface area contributed by atoms with Crippen LogP contribution in [0.4, 0.5) is 0 Å². The first-order valence-electron chi connectivity index (χ1n) is 7.13. The number of pyridine rings is 1. The lowest BCUT2D eigenvalue weighted by molar-refractivity contribution is 0.737. The summed E-state index contributed by atoms with van der Waals surface area (Å²) in [5.74, 6) is 1.50. The molecule has 6 nitrogen and oxygen atoms in total. The van der Waals surface area contributed by atoms with Gasteiger partial charge in [0.25, 0.3) is 0 Å². The van der Waals surface area contributed by atoms with E-state index in [2.05, 4.69) is 27.4 Å². The van der Waals surface area contributed by atoms with Crippen LogP contribution in [0.2, 0.25) is 0 Å². The molecule has 0 amide bonds. The average molecular weight is 274 g/mol. The van der Waals surface area contributed by atoms with Gasteiger partial charge in [-0.25, -0.2) is 0 Å². The second-order valence-electron chi connectivity index (χ2n) is 4.70. The third-order valence-electron chi connectivity index (χ3n) is 3.06. The number of nitrogens with two attached hydrogens (primary N) is 1. The first-order valence-corrected chi connectivity index (χ1v) is 7.13. The molecule has 2 aromatic heterocycles. The Bertz CT molecular complexity index is 560. The third kappa shape index (κ3) is 3.94. The zero-order valence-electron chi connectivity index (χ0n) is 11.9. The number of rotatable bonds is 7. The van der Waals surface area contributed by atoms with Crippen molar-refractivity contribution in [1.29, 1.82) is 0 Å². The van der Waals surface area contributed by atoms with Gasteiger partial charge in [0.15, 0.2) is 11.6 Å². The van der Waals surface area contributed by atoms with Crippen molar-refractivity contribution in [2.24, 2.45) is 10.7 Å². The van der Waals surface area contributed by atoms with Gasteiger partial charge in [0.2, 0.25) is 0 Å². The van der Waals surface area contributed by atoms with E-state index in [-0.39, 0.29) is 0 Å². The van der Waals surface area contributed by atoms with Crippen molar-refractivity contribution < 1.29 is 0 Å². The molecule has 0 fully saturated rings. The van der Waals surface area contributed by atoms with Crippen LogP contribution in [0.3, 0.4) is 0 Å². The minimum absolute atomic E-state index is 0.532. The predicted octanol–water partition coefficient (Wildman–Crippen LogP) is 1.37. The second kappa shape index (κ2) is 7.47. The molecule has 0 unspecified atom stereocenters. The van der Waals surface area contributed by atoms with Gasteiger partial charge in [-0.05, 0) is 25.0 Å². The van der Waals surface area contributed by atoms with Gasteiger partial charge in [0, 0.05) is 25.7 Å². The first-order chi connectivity index (χ1) is 9.81. The summed E-state index contributed by atoms with van der Waals surface area (Å²) in [6.07, 6.45) is 6.00. The van der Waals surface area contributed by atoms with E-state index in [0.29, 0.717) is 12.5 Å². The van der Waals surface area contributed by atoms with Crippen LogP contribution >= 0.6 is 0 Å². The fourth-order valence-electron chi connectivity index (χ4n) is 1.95. The van der Waals surface area contributed by atoms with E-state index >= 15 is 0 Å². The van der Waals surface area contributed by atoms with Crippen LogP contribution < -0.4 is 11.1 Å². The summed E-state index contributed by atoms with van der Waals surface area (Å²) in [6.45, 7) is 3.74. The molecule has 2 aromatic rings. The molecule has 108 valence electrons. The molecule has 0 saturated carbocycles. The summed E-state index contributed by atoms with van der Waals surface area (Å²) in [4.78, 5) is 4.30. The van der Waals surface area contributed by atoms with Crippen LogP contribution in [0.5, 0.6) is 0 Å². The topological polar surface area (TPSA) is 80.6 Å². The van der Waals surface area contributed by atoms with Crippen LogP contribution in [0.15, 0.2) is 29.4 Å². The highest BCUT2D eigenvalue weighted by molar-refractivity contribution is 5.77. The smallest absolute Gasteiger partial charge is 0.188 e. The van der Waals surface area contributed by atoms with Crippen molar-refractivity contribution in [3.8, 4) is 0 Å². The predicted molar refractivity (Wildman–Crippen MR) is 80.7 cm³/mol. The fourth-order valence-corrected chi connectivity index (χ4v) is 1.95. The molecule has 0 spiro atoms. The lowest BCUT2D eigenvalue weighted by atomic mass is 10.3. The fraction of sp³-hybridized carbons (Fsp3) is 0.500. The van der Waals surface area contributed by atoms with Gasteiger partial charge in [-0.3, -0.25) is 9.39 Å². The molecule has 3 N–H and O–H groups in total. The van der Waals surface area contributed by atoms with Gasteiger partial charge in [0.05, 0.1) is 0 Å². The number of hydrogen-bond donors (Lipinski definition) is 2. The normalized spacial score (nSPS) is 11.9. The zero-order valence-corrected chi connectivity index (χ0v) is 11.9. The molecule has 0 saturated heterocycles. The molecule has 2 heterocycles. The monoisotopic (exact) mass is 274 g/mol. The zero-order chi connectivity index (χ0) is 14.2. The highest BCUT2D eigenvalue weighted by Gasteiger charge is 2.03. The van der Waals surface area contributed by atoms with Crippen molar-refractivity contribution in [2.75, 3.05) is 13.1 Å². The molecule has 2 rings (SSSR count). The maximum absolute atomic E-state index is 5.77. The lowest BCUT2D eigenvalue weighted by Gasteiger charge is -2.04.